The lowest BCUT2D eigenvalue weighted by Crippen LogP contribution is -2.41. The van der Waals surface area contributed by atoms with Crippen LogP contribution in [0.1, 0.15) is 22.3 Å². The van der Waals surface area contributed by atoms with E-state index in [9.17, 15) is 9.59 Å². The normalized spacial score (nSPS) is 10.1. The zero-order valence-electron chi connectivity index (χ0n) is 10.9. The van der Waals surface area contributed by atoms with Gasteiger partial charge >= 0.3 is 6.09 Å². The number of carbonyl (C=O) groups excluding carboxylic acids is 2. The van der Waals surface area contributed by atoms with Crippen molar-refractivity contribution in [3.63, 3.8) is 0 Å². The van der Waals surface area contributed by atoms with Crippen LogP contribution in [0.2, 0.25) is 0 Å². The van der Waals surface area contributed by atoms with Gasteiger partial charge in [-0.05, 0) is 25.3 Å². The Labute approximate surface area is 123 Å². The fraction of sp³-hybridized carbons (Fsp3) is 0.250. The topological polar surface area (TPSA) is 80.3 Å². The van der Waals surface area contributed by atoms with Crippen molar-refractivity contribution in [2.45, 2.75) is 13.8 Å². The molecule has 0 atom stereocenters. The molecule has 2 aromatic heterocycles. The van der Waals surface area contributed by atoms with Crippen LogP contribution in [-0.4, -0.2) is 23.6 Å². The molecule has 0 saturated heterocycles. The molecule has 0 aliphatic rings. The third-order valence-electron chi connectivity index (χ3n) is 2.32. The van der Waals surface area contributed by atoms with Gasteiger partial charge in [0.2, 0.25) is 0 Å². The van der Waals surface area contributed by atoms with Gasteiger partial charge in [-0.15, -0.1) is 11.3 Å². The Balaban J connectivity index is 2.05. The summed E-state index contributed by atoms with van der Waals surface area (Å²) >= 11 is 2.85. The molecular formula is C12H13N3O3S2. The number of hydrogen-bond donors (Lipinski definition) is 2. The molecule has 2 heterocycles. The predicted octanol–water partition coefficient (Wildman–Crippen LogP) is 2.57. The highest BCUT2D eigenvalue weighted by Crippen LogP contribution is 2.29. The van der Waals surface area contributed by atoms with Crippen molar-refractivity contribution in [2.75, 3.05) is 6.61 Å². The first kappa shape index (κ1) is 14.5. The third-order valence-corrected chi connectivity index (χ3v) is 4.21. The quantitative estimate of drug-likeness (QED) is 0.854. The maximum Gasteiger partial charge on any atom is 0.426 e. The predicted molar refractivity (Wildman–Crippen MR) is 77.8 cm³/mol. The van der Waals surface area contributed by atoms with Crippen LogP contribution in [0, 0.1) is 6.92 Å². The third kappa shape index (κ3) is 3.34. The first-order valence-corrected chi connectivity index (χ1v) is 7.61. The van der Waals surface area contributed by atoms with Crippen LogP contribution in [0.4, 0.5) is 4.79 Å². The fourth-order valence-electron chi connectivity index (χ4n) is 1.45. The van der Waals surface area contributed by atoms with Crippen molar-refractivity contribution in [3.05, 3.63) is 27.4 Å². The van der Waals surface area contributed by atoms with Gasteiger partial charge in [-0.25, -0.2) is 15.2 Å². The van der Waals surface area contributed by atoms with E-state index in [0.29, 0.717) is 10.6 Å². The Morgan fingerprint density at radius 1 is 1.40 bits per heavy atom. The maximum atomic E-state index is 11.9. The number of amides is 2. The summed E-state index contributed by atoms with van der Waals surface area (Å²) in [6.07, 6.45) is -0.693. The fourth-order valence-corrected chi connectivity index (χ4v) is 3.12. The second-order valence-electron chi connectivity index (χ2n) is 3.75. The number of thiazole rings is 1. The number of nitrogens with one attached hydrogen (secondary N) is 2. The molecule has 0 bridgehead atoms. The van der Waals surface area contributed by atoms with Gasteiger partial charge in [-0.1, -0.05) is 0 Å². The minimum absolute atomic E-state index is 0.240. The summed E-state index contributed by atoms with van der Waals surface area (Å²) in [5, 5.41) is 4.70. The van der Waals surface area contributed by atoms with E-state index in [-0.39, 0.29) is 6.61 Å². The van der Waals surface area contributed by atoms with Gasteiger partial charge in [0.25, 0.3) is 5.91 Å². The summed E-state index contributed by atoms with van der Waals surface area (Å²) in [6, 6.07) is 1.95. The zero-order chi connectivity index (χ0) is 14.5. The molecule has 0 spiro atoms. The van der Waals surface area contributed by atoms with Crippen molar-refractivity contribution in [2.24, 2.45) is 0 Å². The maximum absolute atomic E-state index is 11.9. The standard InChI is InChI=1S/C12H13N3O3S2/c1-3-18-12(17)15-14-10(16)9-7(2)13-11(20-9)8-4-5-19-6-8/h4-6H,3H2,1-2H3,(H,14,16)(H,15,17). The number of nitrogens with zero attached hydrogens (tertiary/aromatic N) is 1. The van der Waals surface area contributed by atoms with E-state index in [0.717, 1.165) is 10.6 Å². The average Bonchev–Trinajstić information content (AvgIpc) is 3.05. The Bertz CT molecular complexity index is 608. The molecular weight excluding hydrogens is 298 g/mol. The molecule has 2 amide bonds. The molecule has 0 unspecified atom stereocenters. The second-order valence-corrected chi connectivity index (χ2v) is 5.52. The zero-order valence-corrected chi connectivity index (χ0v) is 12.6. The largest absolute Gasteiger partial charge is 0.449 e. The van der Waals surface area contributed by atoms with Crippen molar-refractivity contribution in [1.82, 2.24) is 15.8 Å². The molecule has 2 aromatic rings. The molecule has 0 saturated carbocycles. The monoisotopic (exact) mass is 311 g/mol. The highest BCUT2D eigenvalue weighted by molar-refractivity contribution is 7.17. The second kappa shape index (κ2) is 6.49. The number of ether oxygens (including phenoxy) is 1. The molecule has 2 N–H and O–H groups in total. The number of hydrogen-bond acceptors (Lipinski definition) is 6. The Kier molecular flexibility index (Phi) is 4.70. The van der Waals surface area contributed by atoms with Gasteiger partial charge in [0.05, 0.1) is 12.3 Å². The molecule has 0 radical (unpaired) electrons. The Morgan fingerprint density at radius 2 is 2.20 bits per heavy atom. The number of hydrazine groups is 1. The van der Waals surface area contributed by atoms with Crippen molar-refractivity contribution < 1.29 is 14.3 Å². The van der Waals surface area contributed by atoms with E-state index in [4.69, 9.17) is 0 Å². The molecule has 8 heteroatoms. The number of aromatic nitrogens is 1. The lowest BCUT2D eigenvalue weighted by molar-refractivity contribution is 0.0916. The summed E-state index contributed by atoms with van der Waals surface area (Å²) in [4.78, 5) is 27.9. The van der Waals surface area contributed by atoms with Gasteiger partial charge < -0.3 is 4.74 Å². The van der Waals surface area contributed by atoms with Gasteiger partial charge in [0, 0.05) is 10.9 Å². The summed E-state index contributed by atoms with van der Waals surface area (Å²) in [7, 11) is 0. The lowest BCUT2D eigenvalue weighted by Gasteiger charge is -2.05. The van der Waals surface area contributed by atoms with Crippen LogP contribution >= 0.6 is 22.7 Å². The number of aryl methyl sites for hydroxylation is 1. The van der Waals surface area contributed by atoms with Crippen LogP contribution in [0.5, 0.6) is 0 Å². The molecule has 0 aliphatic heterocycles. The smallest absolute Gasteiger partial charge is 0.426 e. The highest BCUT2D eigenvalue weighted by Gasteiger charge is 2.17. The molecule has 106 valence electrons. The molecule has 2 rings (SSSR count). The van der Waals surface area contributed by atoms with Crippen LogP contribution in [0.25, 0.3) is 10.6 Å². The van der Waals surface area contributed by atoms with Crippen LogP contribution in [0.3, 0.4) is 0 Å². The van der Waals surface area contributed by atoms with Crippen molar-refractivity contribution in [1.29, 1.82) is 0 Å². The minimum Gasteiger partial charge on any atom is -0.449 e. The molecule has 0 aliphatic carbocycles. The summed E-state index contributed by atoms with van der Waals surface area (Å²) in [5.41, 5.74) is 6.08. The Hall–Kier alpha value is -1.93. The van der Waals surface area contributed by atoms with E-state index in [2.05, 4.69) is 20.6 Å². The van der Waals surface area contributed by atoms with Crippen LogP contribution in [-0.2, 0) is 4.74 Å². The molecule has 0 fully saturated rings. The SMILES string of the molecule is CCOC(=O)NNC(=O)c1sc(-c2ccsc2)nc1C. The van der Waals surface area contributed by atoms with E-state index in [1.165, 1.54) is 11.3 Å². The van der Waals surface area contributed by atoms with Crippen LogP contribution in [0.15, 0.2) is 16.8 Å². The number of thiophene rings is 1. The lowest BCUT2D eigenvalue weighted by atomic mass is 10.3. The first-order valence-electron chi connectivity index (χ1n) is 5.85. The highest BCUT2D eigenvalue weighted by atomic mass is 32.1. The van der Waals surface area contributed by atoms with Crippen molar-refractivity contribution in [3.8, 4) is 10.6 Å². The summed E-state index contributed by atoms with van der Waals surface area (Å²) in [5.74, 6) is -0.408. The summed E-state index contributed by atoms with van der Waals surface area (Å²) in [6.45, 7) is 3.68. The molecule has 0 aromatic carbocycles. The van der Waals surface area contributed by atoms with Crippen LogP contribution < -0.4 is 10.9 Å². The van der Waals surface area contributed by atoms with Gasteiger partial charge in [0.1, 0.15) is 9.88 Å². The molecule has 6 nitrogen and oxygen atoms in total. The first-order chi connectivity index (χ1) is 9.61. The van der Waals surface area contributed by atoms with Gasteiger partial charge in [0.15, 0.2) is 0 Å². The van der Waals surface area contributed by atoms with E-state index in [1.807, 2.05) is 16.8 Å². The van der Waals surface area contributed by atoms with Gasteiger partial charge in [-0.2, -0.15) is 11.3 Å². The number of carbonyl (C=O) groups is 2. The van der Waals surface area contributed by atoms with E-state index in [1.54, 1.807) is 25.2 Å². The molecule has 20 heavy (non-hydrogen) atoms. The van der Waals surface area contributed by atoms with Crippen molar-refractivity contribution >= 4 is 34.7 Å². The summed E-state index contributed by atoms with van der Waals surface area (Å²) < 4.78 is 4.65. The minimum atomic E-state index is -0.693. The average molecular weight is 311 g/mol. The Morgan fingerprint density at radius 3 is 2.85 bits per heavy atom. The van der Waals surface area contributed by atoms with Gasteiger partial charge in [-0.3, -0.25) is 10.2 Å². The number of rotatable bonds is 3. The van der Waals surface area contributed by atoms with E-state index >= 15 is 0 Å². The van der Waals surface area contributed by atoms with E-state index < -0.39 is 12.0 Å².